The second kappa shape index (κ2) is 9.38. The van der Waals surface area contributed by atoms with E-state index in [4.69, 9.17) is 21.1 Å². The molecule has 0 radical (unpaired) electrons. The number of carboxylic acids is 1. The molecule has 1 fully saturated rings. The first-order valence-corrected chi connectivity index (χ1v) is 9.98. The number of carboxylic acid groups (broad SMARTS) is 1. The quantitative estimate of drug-likeness (QED) is 0.505. The average molecular weight is 418 g/mol. The van der Waals surface area contributed by atoms with Gasteiger partial charge in [0.2, 0.25) is 5.91 Å². The van der Waals surface area contributed by atoms with Gasteiger partial charge in [0.1, 0.15) is 6.61 Å². The molecule has 0 aliphatic carbocycles. The van der Waals surface area contributed by atoms with Gasteiger partial charge in [-0.15, -0.1) is 23.5 Å². The number of halogens is 1. The minimum absolute atomic E-state index is 0.0998. The standard InChI is InChI=1S/C16H19ClN2O5S2/c1-16(25-3-4-26-16)7-13(20)19-18-8-10-5-11(17)15(12(6-10)23-2)24-9-14(21)22/h5-6,8H,3-4,7,9H2,1-2H3,(H,19,20)(H,21,22)/p-1/b18-8-. The van der Waals surface area contributed by atoms with Gasteiger partial charge in [-0.2, -0.15) is 5.10 Å². The average Bonchev–Trinajstić information content (AvgIpc) is 2.99. The smallest absolute Gasteiger partial charge is 0.242 e. The third-order valence-corrected chi connectivity index (χ3v) is 6.94. The van der Waals surface area contributed by atoms with Crippen molar-refractivity contribution in [2.24, 2.45) is 5.10 Å². The molecular formula is C16H18ClN2O5S2-. The van der Waals surface area contributed by atoms with Gasteiger partial charge in [-0.25, -0.2) is 5.43 Å². The summed E-state index contributed by atoms with van der Waals surface area (Å²) in [7, 11) is 1.40. The fraction of sp³-hybridized carbons (Fsp3) is 0.438. The van der Waals surface area contributed by atoms with Gasteiger partial charge in [-0.05, 0) is 24.6 Å². The van der Waals surface area contributed by atoms with Crippen molar-refractivity contribution < 1.29 is 24.2 Å². The van der Waals surface area contributed by atoms with Gasteiger partial charge >= 0.3 is 0 Å². The van der Waals surface area contributed by atoms with Crippen molar-refractivity contribution in [3.8, 4) is 11.5 Å². The van der Waals surface area contributed by atoms with Crippen molar-refractivity contribution in [3.05, 3.63) is 22.7 Å². The SMILES string of the molecule is COc1cc(/C=N\NC(=O)CC2(C)SCCS2)cc(Cl)c1OCC(=O)[O-]. The Bertz CT molecular complexity index is 708. The zero-order valence-corrected chi connectivity index (χ0v) is 16.6. The number of aliphatic carboxylic acids is 1. The molecule has 1 N–H and O–H groups in total. The van der Waals surface area contributed by atoms with E-state index in [2.05, 4.69) is 17.5 Å². The number of nitrogens with zero attached hydrogens (tertiary/aromatic N) is 1. The van der Waals surface area contributed by atoms with E-state index >= 15 is 0 Å². The number of hydrogen-bond donors (Lipinski definition) is 1. The number of ether oxygens (including phenoxy) is 2. The van der Waals surface area contributed by atoms with Gasteiger partial charge in [0.05, 0.1) is 34.8 Å². The highest BCUT2D eigenvalue weighted by Crippen LogP contribution is 2.45. The maximum absolute atomic E-state index is 12.0. The Morgan fingerprint density at radius 1 is 1.42 bits per heavy atom. The van der Waals surface area contributed by atoms with Crippen LogP contribution < -0.4 is 20.0 Å². The molecule has 0 aromatic heterocycles. The van der Waals surface area contributed by atoms with Gasteiger partial charge in [0.15, 0.2) is 11.5 Å². The minimum atomic E-state index is -1.37. The summed E-state index contributed by atoms with van der Waals surface area (Å²) in [5, 5.41) is 14.6. The summed E-state index contributed by atoms with van der Waals surface area (Å²) in [4.78, 5) is 22.5. The van der Waals surface area contributed by atoms with Crippen LogP contribution in [0, 0.1) is 0 Å². The maximum Gasteiger partial charge on any atom is 0.242 e. The molecular weight excluding hydrogens is 400 g/mol. The third-order valence-electron chi connectivity index (χ3n) is 3.37. The van der Waals surface area contributed by atoms with Crippen molar-refractivity contribution in [1.82, 2.24) is 5.43 Å². The lowest BCUT2D eigenvalue weighted by Gasteiger charge is -2.19. The fourth-order valence-electron chi connectivity index (χ4n) is 2.25. The molecule has 26 heavy (non-hydrogen) atoms. The van der Waals surface area contributed by atoms with Crippen LogP contribution in [0.25, 0.3) is 0 Å². The van der Waals surface area contributed by atoms with Crippen LogP contribution in [-0.4, -0.2) is 47.4 Å². The highest BCUT2D eigenvalue weighted by molar-refractivity contribution is 8.21. The number of carbonyl (C=O) groups excluding carboxylic acids is 2. The number of thioether (sulfide) groups is 2. The van der Waals surface area contributed by atoms with Crippen molar-refractivity contribution in [3.63, 3.8) is 0 Å². The number of hydrazone groups is 1. The highest BCUT2D eigenvalue weighted by atomic mass is 35.5. The van der Waals surface area contributed by atoms with Gasteiger partial charge in [0.25, 0.3) is 0 Å². The van der Waals surface area contributed by atoms with Crippen LogP contribution in [0.15, 0.2) is 17.2 Å². The Morgan fingerprint density at radius 3 is 2.73 bits per heavy atom. The van der Waals surface area contributed by atoms with Crippen LogP contribution in [0.4, 0.5) is 0 Å². The van der Waals surface area contributed by atoms with Crippen LogP contribution in [0.5, 0.6) is 11.5 Å². The molecule has 1 aliphatic heterocycles. The number of benzene rings is 1. The zero-order valence-electron chi connectivity index (χ0n) is 14.2. The second-order valence-electron chi connectivity index (χ2n) is 5.50. The molecule has 7 nitrogen and oxygen atoms in total. The van der Waals surface area contributed by atoms with E-state index < -0.39 is 12.6 Å². The summed E-state index contributed by atoms with van der Waals surface area (Å²) in [6.45, 7) is 1.41. The number of nitrogens with one attached hydrogen (secondary N) is 1. The molecule has 1 amide bonds. The number of hydrogen-bond acceptors (Lipinski definition) is 8. The number of amides is 1. The Hall–Kier alpha value is -1.58. The Morgan fingerprint density at radius 2 is 2.12 bits per heavy atom. The first-order valence-electron chi connectivity index (χ1n) is 7.63. The maximum atomic E-state index is 12.0. The zero-order chi connectivity index (χ0) is 19.2. The lowest BCUT2D eigenvalue weighted by Crippen LogP contribution is -2.29. The molecule has 10 heteroatoms. The molecule has 0 saturated carbocycles. The van der Waals surface area contributed by atoms with Crippen molar-refractivity contribution in [1.29, 1.82) is 0 Å². The molecule has 2 rings (SSSR count). The molecule has 0 bridgehead atoms. The van der Waals surface area contributed by atoms with Crippen LogP contribution >= 0.6 is 35.1 Å². The van der Waals surface area contributed by atoms with E-state index in [1.807, 2.05) is 0 Å². The molecule has 1 aliphatic rings. The van der Waals surface area contributed by atoms with E-state index in [1.165, 1.54) is 19.4 Å². The summed E-state index contributed by atoms with van der Waals surface area (Å²) >= 11 is 9.65. The predicted molar refractivity (Wildman–Crippen MR) is 102 cm³/mol. The molecule has 0 spiro atoms. The van der Waals surface area contributed by atoms with Crippen molar-refractivity contribution >= 4 is 53.2 Å². The molecule has 1 aromatic rings. The lowest BCUT2D eigenvalue weighted by molar-refractivity contribution is -0.307. The topological polar surface area (TPSA) is 100 Å². The first kappa shape index (κ1) is 20.7. The van der Waals surface area contributed by atoms with Gasteiger partial charge < -0.3 is 19.4 Å². The molecule has 1 heterocycles. The predicted octanol–water partition coefficient (Wildman–Crippen LogP) is 1.51. The summed E-state index contributed by atoms with van der Waals surface area (Å²) in [6.07, 6.45) is 1.80. The molecule has 0 unspecified atom stereocenters. The Labute approximate surface area is 164 Å². The summed E-state index contributed by atoms with van der Waals surface area (Å²) in [5.41, 5.74) is 3.06. The van der Waals surface area contributed by atoms with Crippen LogP contribution in [0.1, 0.15) is 18.9 Å². The summed E-state index contributed by atoms with van der Waals surface area (Å²) in [6, 6.07) is 3.09. The minimum Gasteiger partial charge on any atom is -0.546 e. The Kier molecular flexibility index (Phi) is 7.48. The van der Waals surface area contributed by atoms with Crippen LogP contribution in [0.2, 0.25) is 5.02 Å². The highest BCUT2D eigenvalue weighted by Gasteiger charge is 2.32. The Balaban J connectivity index is 1.99. The van der Waals surface area contributed by atoms with Gasteiger partial charge in [0, 0.05) is 11.5 Å². The number of methoxy groups -OCH3 is 1. The molecule has 0 atom stereocenters. The normalized spacial score (nSPS) is 15.8. The fourth-order valence-corrected chi connectivity index (χ4v) is 5.36. The van der Waals surface area contributed by atoms with E-state index in [0.717, 1.165) is 11.5 Å². The van der Waals surface area contributed by atoms with Crippen LogP contribution in [0.3, 0.4) is 0 Å². The second-order valence-corrected chi connectivity index (χ2v) is 9.36. The van der Waals surface area contributed by atoms with E-state index in [0.29, 0.717) is 12.0 Å². The van der Waals surface area contributed by atoms with Gasteiger partial charge in [-0.3, -0.25) is 4.79 Å². The van der Waals surface area contributed by atoms with E-state index in [9.17, 15) is 14.7 Å². The number of rotatable bonds is 8. The van der Waals surface area contributed by atoms with Crippen LogP contribution in [-0.2, 0) is 9.59 Å². The molecule has 142 valence electrons. The monoisotopic (exact) mass is 417 g/mol. The van der Waals surface area contributed by atoms with Crippen molar-refractivity contribution in [2.75, 3.05) is 25.2 Å². The van der Waals surface area contributed by atoms with Crippen molar-refractivity contribution in [2.45, 2.75) is 17.4 Å². The molecule has 1 aromatic carbocycles. The third kappa shape index (κ3) is 6.00. The van der Waals surface area contributed by atoms with Gasteiger partial charge in [-0.1, -0.05) is 11.6 Å². The largest absolute Gasteiger partial charge is 0.546 e. The first-order chi connectivity index (χ1) is 12.3. The van der Waals surface area contributed by atoms with E-state index in [-0.39, 0.29) is 26.5 Å². The van der Waals surface area contributed by atoms with E-state index in [1.54, 1.807) is 29.6 Å². The summed E-state index contributed by atoms with van der Waals surface area (Å²) in [5.74, 6) is 0.895. The molecule has 1 saturated heterocycles. The lowest BCUT2D eigenvalue weighted by atomic mass is 10.2. The number of carbonyl (C=O) groups is 2. The summed E-state index contributed by atoms with van der Waals surface area (Å²) < 4.78 is 10.1.